The highest BCUT2D eigenvalue weighted by molar-refractivity contribution is 6.30. The molecule has 2 heterocycles. The Kier molecular flexibility index (Phi) is 4.62. The van der Waals surface area contributed by atoms with Gasteiger partial charge in [0, 0.05) is 30.5 Å². The fourth-order valence-electron chi connectivity index (χ4n) is 2.59. The number of carbonyl (C=O) groups is 1. The van der Waals surface area contributed by atoms with Crippen molar-refractivity contribution in [3.05, 3.63) is 82.5 Å². The maximum Gasteiger partial charge on any atom is 0.276 e. The Labute approximate surface area is 144 Å². The smallest absolute Gasteiger partial charge is 0.276 e. The molecule has 3 rings (SSSR count). The SMILES string of the molecule is Cc1cc(C(=O)N(C)[C@H](c2ccc(Cl)cc2)c2cccnc2)no1. The second-order valence-electron chi connectivity index (χ2n) is 5.48. The van der Waals surface area contributed by atoms with Crippen molar-refractivity contribution in [2.45, 2.75) is 13.0 Å². The van der Waals surface area contributed by atoms with Crippen molar-refractivity contribution in [2.75, 3.05) is 7.05 Å². The molecule has 0 bridgehead atoms. The van der Waals surface area contributed by atoms with Crippen LogP contribution in [0.25, 0.3) is 0 Å². The van der Waals surface area contributed by atoms with Crippen LogP contribution in [0.1, 0.15) is 33.4 Å². The number of aromatic nitrogens is 2. The maximum atomic E-state index is 12.8. The lowest BCUT2D eigenvalue weighted by Gasteiger charge is -2.28. The van der Waals surface area contributed by atoms with Gasteiger partial charge < -0.3 is 9.42 Å². The highest BCUT2D eigenvalue weighted by atomic mass is 35.5. The molecule has 0 fully saturated rings. The van der Waals surface area contributed by atoms with Crippen molar-refractivity contribution in [3.8, 4) is 0 Å². The zero-order valence-electron chi connectivity index (χ0n) is 13.3. The third-order valence-corrected chi connectivity index (χ3v) is 3.99. The Morgan fingerprint density at radius 3 is 2.54 bits per heavy atom. The Bertz CT molecular complexity index is 831. The highest BCUT2D eigenvalue weighted by Crippen LogP contribution is 2.29. The second-order valence-corrected chi connectivity index (χ2v) is 5.92. The summed E-state index contributed by atoms with van der Waals surface area (Å²) in [6.45, 7) is 1.75. The van der Waals surface area contributed by atoms with E-state index in [1.807, 2.05) is 24.3 Å². The molecule has 6 heteroatoms. The van der Waals surface area contributed by atoms with Crippen LogP contribution in [-0.4, -0.2) is 28.0 Å². The largest absolute Gasteiger partial charge is 0.361 e. The molecule has 1 atom stereocenters. The van der Waals surface area contributed by atoms with Crippen LogP contribution in [-0.2, 0) is 0 Å². The molecule has 0 saturated heterocycles. The predicted octanol–water partition coefficient (Wildman–Crippen LogP) is 3.89. The summed E-state index contributed by atoms with van der Waals surface area (Å²) in [6.07, 6.45) is 3.45. The molecule has 2 aromatic heterocycles. The molecule has 0 N–H and O–H groups in total. The molecule has 5 nitrogen and oxygen atoms in total. The molecule has 0 radical (unpaired) electrons. The summed E-state index contributed by atoms with van der Waals surface area (Å²) in [7, 11) is 1.73. The van der Waals surface area contributed by atoms with Gasteiger partial charge in [-0.1, -0.05) is 35.0 Å². The van der Waals surface area contributed by atoms with Crippen LogP contribution in [0.5, 0.6) is 0 Å². The zero-order chi connectivity index (χ0) is 17.1. The third-order valence-electron chi connectivity index (χ3n) is 3.74. The zero-order valence-corrected chi connectivity index (χ0v) is 14.1. The summed E-state index contributed by atoms with van der Waals surface area (Å²) in [5.74, 6) is 0.367. The number of pyridine rings is 1. The van der Waals surface area contributed by atoms with Gasteiger partial charge in [-0.25, -0.2) is 0 Å². The quantitative estimate of drug-likeness (QED) is 0.722. The van der Waals surface area contributed by atoms with E-state index in [2.05, 4.69) is 10.1 Å². The number of halogens is 1. The lowest BCUT2D eigenvalue weighted by molar-refractivity contribution is 0.0744. The van der Waals surface area contributed by atoms with Crippen LogP contribution >= 0.6 is 11.6 Å². The number of benzene rings is 1. The number of hydrogen-bond donors (Lipinski definition) is 0. The minimum absolute atomic E-state index is 0.226. The normalized spacial score (nSPS) is 12.0. The van der Waals surface area contributed by atoms with Crippen LogP contribution in [0, 0.1) is 6.92 Å². The number of rotatable bonds is 4. The van der Waals surface area contributed by atoms with Gasteiger partial charge in [0.05, 0.1) is 6.04 Å². The lowest BCUT2D eigenvalue weighted by Crippen LogP contribution is -2.32. The van der Waals surface area contributed by atoms with Gasteiger partial charge in [-0.05, 0) is 36.2 Å². The summed E-state index contributed by atoms with van der Waals surface area (Å²) >= 11 is 5.99. The van der Waals surface area contributed by atoms with Crippen molar-refractivity contribution in [1.29, 1.82) is 0 Å². The Morgan fingerprint density at radius 1 is 1.21 bits per heavy atom. The summed E-state index contributed by atoms with van der Waals surface area (Å²) in [6, 6.07) is 12.5. The number of hydrogen-bond acceptors (Lipinski definition) is 4. The topological polar surface area (TPSA) is 59.2 Å². The number of amides is 1. The van der Waals surface area contributed by atoms with Gasteiger partial charge in [0.15, 0.2) is 5.69 Å². The molecular weight excluding hydrogens is 326 g/mol. The van der Waals surface area contributed by atoms with Gasteiger partial charge in [0.2, 0.25) is 0 Å². The van der Waals surface area contributed by atoms with Crippen LogP contribution < -0.4 is 0 Å². The number of aryl methyl sites for hydroxylation is 1. The molecule has 122 valence electrons. The molecule has 1 amide bonds. The van der Waals surface area contributed by atoms with Gasteiger partial charge in [0.25, 0.3) is 5.91 Å². The summed E-state index contributed by atoms with van der Waals surface area (Å²) in [5.41, 5.74) is 2.11. The van der Waals surface area contributed by atoms with Crippen molar-refractivity contribution in [1.82, 2.24) is 15.0 Å². The van der Waals surface area contributed by atoms with Crippen molar-refractivity contribution >= 4 is 17.5 Å². The molecular formula is C18H16ClN3O2. The molecule has 0 unspecified atom stereocenters. The van der Waals surface area contributed by atoms with Crippen molar-refractivity contribution in [3.63, 3.8) is 0 Å². The molecule has 0 spiro atoms. The standard InChI is InChI=1S/C18H16ClN3O2/c1-12-10-16(21-24-12)18(23)22(2)17(14-4-3-9-20-11-14)13-5-7-15(19)8-6-13/h3-11,17H,1-2H3/t17-/m1/s1. The van der Waals surface area contributed by atoms with Gasteiger partial charge >= 0.3 is 0 Å². The van der Waals surface area contributed by atoms with E-state index in [0.717, 1.165) is 11.1 Å². The van der Waals surface area contributed by atoms with Gasteiger partial charge in [-0.3, -0.25) is 9.78 Å². The molecule has 0 aliphatic rings. The Balaban J connectivity index is 2.01. The van der Waals surface area contributed by atoms with E-state index in [1.54, 1.807) is 49.5 Å². The van der Waals surface area contributed by atoms with Gasteiger partial charge in [0.1, 0.15) is 5.76 Å². The first kappa shape index (κ1) is 16.2. The maximum absolute atomic E-state index is 12.8. The van der Waals surface area contributed by atoms with E-state index < -0.39 is 0 Å². The average Bonchev–Trinajstić information content (AvgIpc) is 3.03. The van der Waals surface area contributed by atoms with Crippen molar-refractivity contribution in [2.24, 2.45) is 0 Å². The van der Waals surface area contributed by atoms with Crippen LogP contribution in [0.3, 0.4) is 0 Å². The fourth-order valence-corrected chi connectivity index (χ4v) is 2.71. The van der Waals surface area contributed by atoms with Crippen molar-refractivity contribution < 1.29 is 9.32 Å². The molecule has 0 aliphatic heterocycles. The molecule has 24 heavy (non-hydrogen) atoms. The number of carbonyl (C=O) groups excluding carboxylic acids is 1. The summed E-state index contributed by atoms with van der Waals surface area (Å²) in [4.78, 5) is 18.6. The minimum atomic E-state index is -0.305. The molecule has 3 aromatic rings. The Morgan fingerprint density at radius 2 is 1.96 bits per heavy atom. The van der Waals surface area contributed by atoms with E-state index in [4.69, 9.17) is 16.1 Å². The first-order valence-corrected chi connectivity index (χ1v) is 7.80. The van der Waals surface area contributed by atoms with Gasteiger partial charge in [-0.15, -0.1) is 0 Å². The highest BCUT2D eigenvalue weighted by Gasteiger charge is 2.26. The van der Waals surface area contributed by atoms with Crippen LogP contribution in [0.2, 0.25) is 5.02 Å². The second kappa shape index (κ2) is 6.84. The van der Waals surface area contributed by atoms with Crippen LogP contribution in [0.4, 0.5) is 0 Å². The summed E-state index contributed by atoms with van der Waals surface area (Å²) in [5, 5.41) is 4.46. The van der Waals surface area contributed by atoms with E-state index >= 15 is 0 Å². The number of nitrogens with zero attached hydrogens (tertiary/aromatic N) is 3. The monoisotopic (exact) mass is 341 g/mol. The predicted molar refractivity (Wildman–Crippen MR) is 90.9 cm³/mol. The molecule has 1 aromatic carbocycles. The van der Waals surface area contributed by atoms with E-state index in [-0.39, 0.29) is 17.6 Å². The lowest BCUT2D eigenvalue weighted by atomic mass is 9.98. The van der Waals surface area contributed by atoms with Crippen LogP contribution in [0.15, 0.2) is 59.4 Å². The fraction of sp³-hybridized carbons (Fsp3) is 0.167. The first-order valence-electron chi connectivity index (χ1n) is 7.42. The molecule has 0 aliphatic carbocycles. The summed E-state index contributed by atoms with van der Waals surface area (Å²) < 4.78 is 5.02. The third kappa shape index (κ3) is 3.31. The van der Waals surface area contributed by atoms with E-state index in [1.165, 1.54) is 0 Å². The van der Waals surface area contributed by atoms with E-state index in [9.17, 15) is 4.79 Å². The Hall–Kier alpha value is -2.66. The van der Waals surface area contributed by atoms with Gasteiger partial charge in [-0.2, -0.15) is 0 Å². The van der Waals surface area contributed by atoms with E-state index in [0.29, 0.717) is 10.8 Å². The minimum Gasteiger partial charge on any atom is -0.361 e. The first-order chi connectivity index (χ1) is 11.6. The molecule has 0 saturated carbocycles. The average molecular weight is 342 g/mol.